The summed E-state index contributed by atoms with van der Waals surface area (Å²) >= 11 is 0. The first-order valence-electron chi connectivity index (χ1n) is 9.49. The molecule has 3 amide bonds. The minimum absolute atomic E-state index is 0.108. The largest absolute Gasteiger partial charge is 0.539 e. The molecule has 182 valence electrons. The molecule has 14 heteroatoms. The average molecular weight is 509 g/mol. The van der Waals surface area contributed by atoms with Crippen LogP contribution in [0.25, 0.3) is 0 Å². The van der Waals surface area contributed by atoms with Gasteiger partial charge in [-0.1, -0.05) is 0 Å². The van der Waals surface area contributed by atoms with Crippen LogP contribution in [-0.2, 0) is 18.4 Å². The molecule has 0 spiro atoms. The highest BCUT2D eigenvalue weighted by Crippen LogP contribution is 2.46. The molecule has 0 aromatic heterocycles. The first-order valence-corrected chi connectivity index (χ1v) is 10.9. The third-order valence-electron chi connectivity index (χ3n) is 4.07. The van der Waals surface area contributed by atoms with Gasteiger partial charge in [-0.3, -0.25) is 14.4 Å². The molecule has 0 bridgehead atoms. The highest BCUT2D eigenvalue weighted by molar-refractivity contribution is 7.48. The first-order chi connectivity index (χ1) is 16.6. The summed E-state index contributed by atoms with van der Waals surface area (Å²) in [5, 5.41) is 0. The maximum atomic E-state index is 13.0. The van der Waals surface area contributed by atoms with Gasteiger partial charge in [-0.25, -0.2) is 34.2 Å². The summed E-state index contributed by atoms with van der Waals surface area (Å²) in [6.07, 6.45) is 0. The fraction of sp³-hybridized carbons (Fsp3) is 0. The number of amides is 3. The van der Waals surface area contributed by atoms with Crippen LogP contribution in [0.3, 0.4) is 0 Å². The van der Waals surface area contributed by atoms with Crippen molar-refractivity contribution in [1.29, 1.82) is 0 Å². The number of rotatable bonds is 9. The quantitative estimate of drug-likeness (QED) is 0.297. The van der Waals surface area contributed by atoms with Gasteiger partial charge in [0.25, 0.3) is 17.7 Å². The Hall–Kier alpha value is -4.03. The topological polar surface area (TPSA) is 132 Å². The molecule has 0 saturated heterocycles. The highest BCUT2D eigenvalue weighted by atomic mass is 31.2. The molecule has 0 radical (unpaired) electrons. The fourth-order valence-electron chi connectivity index (χ4n) is 2.33. The molecule has 35 heavy (non-hydrogen) atoms. The summed E-state index contributed by atoms with van der Waals surface area (Å²) in [5.41, 5.74) is 4.85. The van der Waals surface area contributed by atoms with Crippen molar-refractivity contribution in [2.24, 2.45) is 0 Å². The third-order valence-corrected chi connectivity index (χ3v) is 5.01. The Labute approximate surface area is 195 Å². The second-order valence-electron chi connectivity index (χ2n) is 6.54. The van der Waals surface area contributed by atoms with E-state index in [1.807, 2.05) is 0 Å². The van der Waals surface area contributed by atoms with E-state index in [9.17, 15) is 32.1 Å². The standard InChI is InChI=1S/C21H15F3N3O7P/c22-16-7-1-13(2-8-16)19(28)25-32-35(31,33-26-20(29)14-3-9-17(23)10-4-14)34-27-21(30)15-5-11-18(24)12-6-15/h1-12H,(H,25,28)(H,26,29)(H,27,30). The lowest BCUT2D eigenvalue weighted by Crippen LogP contribution is -2.31. The lowest BCUT2D eigenvalue weighted by molar-refractivity contribution is 0.0150. The minimum Gasteiger partial charge on any atom is -0.267 e. The summed E-state index contributed by atoms with van der Waals surface area (Å²) in [5.74, 6) is -4.88. The second kappa shape index (κ2) is 11.4. The van der Waals surface area contributed by atoms with Crippen molar-refractivity contribution in [2.45, 2.75) is 0 Å². The van der Waals surface area contributed by atoms with Gasteiger partial charge in [-0.15, -0.1) is 0 Å². The van der Waals surface area contributed by atoms with Gasteiger partial charge in [0, 0.05) is 16.7 Å². The third kappa shape index (κ3) is 7.48. The van der Waals surface area contributed by atoms with E-state index in [2.05, 4.69) is 13.9 Å². The van der Waals surface area contributed by atoms with E-state index in [0.29, 0.717) is 0 Å². The first kappa shape index (κ1) is 25.6. The summed E-state index contributed by atoms with van der Waals surface area (Å²) in [6, 6.07) is 12.4. The Morgan fingerprint density at radius 3 is 0.971 bits per heavy atom. The molecule has 0 atom stereocenters. The number of carbonyl (C=O) groups is 3. The van der Waals surface area contributed by atoms with E-state index in [0.717, 1.165) is 72.8 Å². The van der Waals surface area contributed by atoms with Crippen LogP contribution in [0.2, 0.25) is 0 Å². The zero-order valence-corrected chi connectivity index (χ0v) is 18.3. The minimum atomic E-state index is -4.99. The molecule has 3 aromatic carbocycles. The van der Waals surface area contributed by atoms with Crippen molar-refractivity contribution in [3.05, 3.63) is 107 Å². The van der Waals surface area contributed by atoms with Gasteiger partial charge >= 0.3 is 7.82 Å². The molecule has 0 saturated carbocycles. The second-order valence-corrected chi connectivity index (χ2v) is 7.98. The molecule has 0 heterocycles. The molecule has 0 unspecified atom stereocenters. The number of hydrogen-bond donors (Lipinski definition) is 3. The van der Waals surface area contributed by atoms with Crippen LogP contribution in [0.15, 0.2) is 72.8 Å². The molecule has 3 N–H and O–H groups in total. The van der Waals surface area contributed by atoms with Crippen molar-refractivity contribution >= 4 is 25.5 Å². The van der Waals surface area contributed by atoms with Crippen LogP contribution in [0, 0.1) is 17.5 Å². The Morgan fingerprint density at radius 1 is 0.514 bits per heavy atom. The van der Waals surface area contributed by atoms with Crippen LogP contribution < -0.4 is 16.4 Å². The van der Waals surface area contributed by atoms with Crippen LogP contribution >= 0.6 is 7.82 Å². The van der Waals surface area contributed by atoms with E-state index in [4.69, 9.17) is 0 Å². The monoisotopic (exact) mass is 509 g/mol. The maximum Gasteiger partial charge on any atom is 0.539 e. The number of benzene rings is 3. The number of hydroxylamine groups is 3. The molecule has 3 aromatic rings. The molecule has 3 rings (SSSR count). The van der Waals surface area contributed by atoms with Crippen LogP contribution in [0.5, 0.6) is 0 Å². The number of hydrogen-bond acceptors (Lipinski definition) is 7. The van der Waals surface area contributed by atoms with Crippen LogP contribution in [0.1, 0.15) is 31.1 Å². The van der Waals surface area contributed by atoms with Gasteiger partial charge in [0.2, 0.25) is 0 Å². The van der Waals surface area contributed by atoms with Crippen molar-refractivity contribution in [3.8, 4) is 0 Å². The van der Waals surface area contributed by atoms with Gasteiger partial charge in [-0.2, -0.15) is 13.9 Å². The summed E-state index contributed by atoms with van der Waals surface area (Å²) < 4.78 is 66.0. The number of carbonyl (C=O) groups excluding carboxylic acids is 3. The van der Waals surface area contributed by atoms with Crippen molar-refractivity contribution in [2.75, 3.05) is 0 Å². The molecule has 0 aliphatic heterocycles. The van der Waals surface area contributed by atoms with Gasteiger partial charge in [0.15, 0.2) is 0 Å². The van der Waals surface area contributed by atoms with E-state index in [-0.39, 0.29) is 16.7 Å². The van der Waals surface area contributed by atoms with E-state index >= 15 is 0 Å². The summed E-state index contributed by atoms with van der Waals surface area (Å²) in [4.78, 5) is 36.4. The zero-order chi connectivity index (χ0) is 25.4. The Bertz CT molecular complexity index is 1100. The van der Waals surface area contributed by atoms with Gasteiger partial charge in [0.05, 0.1) is 0 Å². The van der Waals surface area contributed by atoms with Crippen molar-refractivity contribution in [1.82, 2.24) is 16.4 Å². The molecule has 10 nitrogen and oxygen atoms in total. The lowest BCUT2D eigenvalue weighted by atomic mass is 10.2. The molecule has 0 fully saturated rings. The molecular formula is C21H15F3N3O7P. The van der Waals surface area contributed by atoms with E-state index < -0.39 is 43.0 Å². The highest BCUT2D eigenvalue weighted by Gasteiger charge is 2.33. The average Bonchev–Trinajstić information content (AvgIpc) is 2.86. The normalized spacial score (nSPS) is 10.9. The lowest BCUT2D eigenvalue weighted by Gasteiger charge is -2.17. The molecule has 0 aliphatic carbocycles. The van der Waals surface area contributed by atoms with Crippen molar-refractivity contribution < 1.29 is 46.0 Å². The summed E-state index contributed by atoms with van der Waals surface area (Å²) in [6.45, 7) is 0. The SMILES string of the molecule is O=C(NOP(=O)(ONC(=O)c1ccc(F)cc1)ONC(=O)c1ccc(F)cc1)c1ccc(F)cc1. The van der Waals surface area contributed by atoms with Crippen LogP contribution in [-0.4, -0.2) is 17.7 Å². The van der Waals surface area contributed by atoms with Crippen LogP contribution in [0.4, 0.5) is 13.2 Å². The van der Waals surface area contributed by atoms with Crippen molar-refractivity contribution in [3.63, 3.8) is 0 Å². The Kier molecular flexibility index (Phi) is 8.34. The van der Waals surface area contributed by atoms with Gasteiger partial charge in [-0.05, 0) is 72.8 Å². The smallest absolute Gasteiger partial charge is 0.267 e. The molecular weight excluding hydrogens is 494 g/mol. The number of halogens is 3. The Morgan fingerprint density at radius 2 is 0.743 bits per heavy atom. The zero-order valence-electron chi connectivity index (χ0n) is 17.4. The summed E-state index contributed by atoms with van der Waals surface area (Å²) in [7, 11) is -4.99. The fourth-order valence-corrected chi connectivity index (χ4v) is 3.02. The predicted octanol–water partition coefficient (Wildman–Crippen LogP) is 3.60. The van der Waals surface area contributed by atoms with E-state index in [1.165, 1.54) is 0 Å². The van der Waals surface area contributed by atoms with E-state index in [1.54, 1.807) is 16.4 Å². The number of phosphoric acid groups is 1. The predicted molar refractivity (Wildman–Crippen MR) is 112 cm³/mol. The number of nitrogens with one attached hydrogen (secondary N) is 3. The Balaban J connectivity index is 1.69. The maximum absolute atomic E-state index is 13.0. The van der Waals surface area contributed by atoms with Gasteiger partial charge in [0.1, 0.15) is 17.5 Å². The van der Waals surface area contributed by atoms with Gasteiger partial charge < -0.3 is 0 Å². The molecule has 0 aliphatic rings.